The third kappa shape index (κ3) is 4.75. The van der Waals surface area contributed by atoms with Gasteiger partial charge < -0.3 is 15.1 Å². The number of hydrogen-bond acceptors (Lipinski definition) is 4. The summed E-state index contributed by atoms with van der Waals surface area (Å²) in [6, 6.07) is 10.3. The van der Waals surface area contributed by atoms with Crippen LogP contribution < -0.4 is 10.2 Å². The van der Waals surface area contributed by atoms with E-state index in [4.69, 9.17) is 0 Å². The van der Waals surface area contributed by atoms with Crippen molar-refractivity contribution in [1.29, 1.82) is 0 Å². The third-order valence-electron chi connectivity index (χ3n) is 5.40. The van der Waals surface area contributed by atoms with Crippen molar-refractivity contribution in [3.63, 3.8) is 0 Å². The number of carbonyl (C=O) groups excluding carboxylic acids is 2. The first-order valence-corrected chi connectivity index (χ1v) is 9.72. The Hall–Kier alpha value is -2.08. The quantitative estimate of drug-likeness (QED) is 0.780. The van der Waals surface area contributed by atoms with Gasteiger partial charge in [0.25, 0.3) is 0 Å². The number of para-hydroxylation sites is 1. The summed E-state index contributed by atoms with van der Waals surface area (Å²) in [6.45, 7) is 8.15. The van der Waals surface area contributed by atoms with Crippen molar-refractivity contribution < 1.29 is 9.59 Å². The summed E-state index contributed by atoms with van der Waals surface area (Å²) in [6.07, 6.45) is 2.65. The number of carbonyl (C=O) groups is 2. The van der Waals surface area contributed by atoms with Crippen LogP contribution in [-0.4, -0.2) is 73.5 Å². The van der Waals surface area contributed by atoms with Gasteiger partial charge in [0.2, 0.25) is 11.8 Å². The van der Waals surface area contributed by atoms with Crippen LogP contribution in [0.4, 0.5) is 5.69 Å². The van der Waals surface area contributed by atoms with Crippen LogP contribution in [0, 0.1) is 0 Å². The smallest absolute Gasteiger partial charge is 0.242 e. The van der Waals surface area contributed by atoms with E-state index in [0.29, 0.717) is 13.1 Å². The van der Waals surface area contributed by atoms with Gasteiger partial charge in [-0.1, -0.05) is 18.2 Å². The number of piperazine rings is 1. The number of hydrogen-bond donors (Lipinski definition) is 1. The van der Waals surface area contributed by atoms with E-state index >= 15 is 0 Å². The highest BCUT2D eigenvalue weighted by Crippen LogP contribution is 2.17. The van der Waals surface area contributed by atoms with Gasteiger partial charge in [-0.3, -0.25) is 14.5 Å². The molecule has 0 bridgehead atoms. The topological polar surface area (TPSA) is 55.9 Å². The summed E-state index contributed by atoms with van der Waals surface area (Å²) in [4.78, 5) is 30.4. The molecule has 6 nitrogen and oxygen atoms in total. The molecule has 0 unspecified atom stereocenters. The predicted molar refractivity (Wildman–Crippen MR) is 103 cm³/mol. The van der Waals surface area contributed by atoms with E-state index in [2.05, 4.69) is 45.4 Å². The predicted octanol–water partition coefficient (Wildman–Crippen LogP) is 1.33. The van der Waals surface area contributed by atoms with Gasteiger partial charge in [0.1, 0.15) is 6.04 Å². The van der Waals surface area contributed by atoms with E-state index in [0.717, 1.165) is 52.0 Å². The molecule has 0 spiro atoms. The lowest BCUT2D eigenvalue weighted by Crippen LogP contribution is -2.48. The van der Waals surface area contributed by atoms with Crippen molar-refractivity contribution in [2.24, 2.45) is 0 Å². The molecule has 26 heavy (non-hydrogen) atoms. The van der Waals surface area contributed by atoms with Crippen molar-refractivity contribution in [2.75, 3.05) is 50.7 Å². The number of rotatable bonds is 6. The van der Waals surface area contributed by atoms with Crippen LogP contribution in [-0.2, 0) is 9.59 Å². The van der Waals surface area contributed by atoms with E-state index in [-0.39, 0.29) is 17.9 Å². The van der Waals surface area contributed by atoms with Crippen molar-refractivity contribution in [3.05, 3.63) is 30.3 Å². The zero-order valence-corrected chi connectivity index (χ0v) is 15.7. The van der Waals surface area contributed by atoms with Crippen LogP contribution >= 0.6 is 0 Å². The maximum atomic E-state index is 12.3. The second-order valence-electron chi connectivity index (χ2n) is 7.18. The van der Waals surface area contributed by atoms with Crippen LogP contribution in [0.3, 0.4) is 0 Å². The van der Waals surface area contributed by atoms with Crippen LogP contribution in [0.5, 0.6) is 0 Å². The van der Waals surface area contributed by atoms with E-state index in [9.17, 15) is 9.59 Å². The standard InChI is InChI=1S/C20H30N4O2/c1-17(25)24-12-5-9-19(24)20(26)21-10-6-11-22-13-15-23(16-14-22)18-7-3-2-4-8-18/h2-4,7-8,19H,5-6,9-16H2,1H3,(H,21,26)/t19-/m0/s1. The molecule has 0 saturated carbocycles. The molecule has 6 heteroatoms. The number of benzene rings is 1. The van der Waals surface area contributed by atoms with Gasteiger partial charge in [-0.25, -0.2) is 0 Å². The Morgan fingerprint density at radius 2 is 1.81 bits per heavy atom. The Labute approximate surface area is 156 Å². The summed E-state index contributed by atoms with van der Waals surface area (Å²) in [5.41, 5.74) is 1.30. The van der Waals surface area contributed by atoms with Gasteiger partial charge in [0.05, 0.1) is 0 Å². The molecule has 142 valence electrons. The molecule has 1 N–H and O–H groups in total. The number of anilines is 1. The second kappa shape index (κ2) is 9.03. The minimum atomic E-state index is -0.262. The Morgan fingerprint density at radius 1 is 1.08 bits per heavy atom. The first-order valence-electron chi connectivity index (χ1n) is 9.72. The molecule has 0 aliphatic carbocycles. The number of nitrogens with zero attached hydrogens (tertiary/aromatic N) is 3. The highest BCUT2D eigenvalue weighted by atomic mass is 16.2. The Kier molecular flexibility index (Phi) is 6.50. The summed E-state index contributed by atoms with van der Waals surface area (Å²) in [7, 11) is 0. The summed E-state index contributed by atoms with van der Waals surface area (Å²) in [5, 5.41) is 3.01. The van der Waals surface area contributed by atoms with Gasteiger partial charge in [-0.05, 0) is 37.9 Å². The molecule has 2 saturated heterocycles. The van der Waals surface area contributed by atoms with Gasteiger partial charge in [0, 0.05) is 51.9 Å². The lowest BCUT2D eigenvalue weighted by molar-refractivity contribution is -0.136. The van der Waals surface area contributed by atoms with Crippen molar-refractivity contribution in [3.8, 4) is 0 Å². The monoisotopic (exact) mass is 358 g/mol. The van der Waals surface area contributed by atoms with Gasteiger partial charge in [0.15, 0.2) is 0 Å². The first kappa shape index (κ1) is 18.7. The van der Waals surface area contributed by atoms with Gasteiger partial charge in [-0.15, -0.1) is 0 Å². The Balaban J connectivity index is 1.32. The SMILES string of the molecule is CC(=O)N1CCC[C@H]1C(=O)NCCCN1CCN(c2ccccc2)CC1. The molecular formula is C20H30N4O2. The number of amides is 2. The van der Waals surface area contributed by atoms with E-state index in [1.165, 1.54) is 5.69 Å². The molecule has 2 aliphatic rings. The lowest BCUT2D eigenvalue weighted by atomic mass is 10.2. The molecule has 2 amide bonds. The lowest BCUT2D eigenvalue weighted by Gasteiger charge is -2.36. The Morgan fingerprint density at radius 3 is 2.50 bits per heavy atom. The third-order valence-corrected chi connectivity index (χ3v) is 5.40. The fourth-order valence-corrected chi connectivity index (χ4v) is 3.92. The zero-order valence-electron chi connectivity index (χ0n) is 15.7. The summed E-state index contributed by atoms with van der Waals surface area (Å²) in [5.74, 6) is 0.00512. The van der Waals surface area contributed by atoms with E-state index < -0.39 is 0 Å². The normalized spacial score (nSPS) is 21.0. The molecule has 2 fully saturated rings. The molecule has 1 atom stereocenters. The molecule has 1 aromatic rings. The van der Waals surface area contributed by atoms with Crippen molar-refractivity contribution in [2.45, 2.75) is 32.2 Å². The van der Waals surface area contributed by atoms with E-state index in [1.54, 1.807) is 11.8 Å². The number of nitrogens with one attached hydrogen (secondary N) is 1. The molecule has 1 aromatic carbocycles. The van der Waals surface area contributed by atoms with Crippen LogP contribution in [0.25, 0.3) is 0 Å². The van der Waals surface area contributed by atoms with Crippen molar-refractivity contribution >= 4 is 17.5 Å². The molecule has 0 aromatic heterocycles. The second-order valence-corrected chi connectivity index (χ2v) is 7.18. The van der Waals surface area contributed by atoms with Gasteiger partial charge in [-0.2, -0.15) is 0 Å². The van der Waals surface area contributed by atoms with Gasteiger partial charge >= 0.3 is 0 Å². The fraction of sp³-hybridized carbons (Fsp3) is 0.600. The van der Waals surface area contributed by atoms with Crippen LogP contribution in [0.15, 0.2) is 30.3 Å². The van der Waals surface area contributed by atoms with Crippen LogP contribution in [0.2, 0.25) is 0 Å². The average Bonchev–Trinajstić information content (AvgIpc) is 3.17. The highest BCUT2D eigenvalue weighted by molar-refractivity contribution is 5.87. The summed E-state index contributed by atoms with van der Waals surface area (Å²) >= 11 is 0. The number of likely N-dealkylation sites (tertiary alicyclic amines) is 1. The minimum absolute atomic E-state index is 0.000984. The minimum Gasteiger partial charge on any atom is -0.369 e. The van der Waals surface area contributed by atoms with Crippen molar-refractivity contribution in [1.82, 2.24) is 15.1 Å². The maximum Gasteiger partial charge on any atom is 0.242 e. The first-order chi connectivity index (χ1) is 12.6. The molecular weight excluding hydrogens is 328 g/mol. The Bertz CT molecular complexity index is 599. The summed E-state index contributed by atoms with van der Waals surface area (Å²) < 4.78 is 0. The zero-order chi connectivity index (χ0) is 18.4. The fourth-order valence-electron chi connectivity index (χ4n) is 3.92. The van der Waals surface area contributed by atoms with E-state index in [1.807, 2.05) is 0 Å². The molecule has 0 radical (unpaired) electrons. The highest BCUT2D eigenvalue weighted by Gasteiger charge is 2.31. The largest absolute Gasteiger partial charge is 0.369 e. The van der Waals surface area contributed by atoms with Crippen LogP contribution in [0.1, 0.15) is 26.2 Å². The molecule has 2 heterocycles. The average molecular weight is 358 g/mol. The molecule has 3 rings (SSSR count). The maximum absolute atomic E-state index is 12.3. The molecule has 2 aliphatic heterocycles.